The van der Waals surface area contributed by atoms with E-state index in [1.807, 2.05) is 6.92 Å². The standard InChI is InChI=1S/C17H36O2Si/c1-5-7-8-9-10-11-12-13-14-15-17-20(18-3,19-4)16-6-2/h6,16H,5,7-15,17H2,1-4H3. The van der Waals surface area contributed by atoms with Gasteiger partial charge in [0.05, 0.1) is 0 Å². The lowest BCUT2D eigenvalue weighted by Gasteiger charge is -2.23. The third-order valence-corrected chi connectivity index (χ3v) is 7.26. The van der Waals surface area contributed by atoms with Crippen molar-refractivity contribution in [3.8, 4) is 0 Å². The minimum absolute atomic E-state index is 1.08. The van der Waals surface area contributed by atoms with Gasteiger partial charge in [0.2, 0.25) is 0 Å². The van der Waals surface area contributed by atoms with Crippen LogP contribution in [0, 0.1) is 0 Å². The summed E-state index contributed by atoms with van der Waals surface area (Å²) in [4.78, 5) is 0. The molecule has 20 heavy (non-hydrogen) atoms. The molecule has 0 bridgehead atoms. The molecule has 0 aromatic rings. The smallest absolute Gasteiger partial charge is 0.364 e. The van der Waals surface area contributed by atoms with Crippen LogP contribution in [-0.4, -0.2) is 22.8 Å². The summed E-state index contributed by atoms with van der Waals surface area (Å²) in [6, 6.07) is 1.08. The van der Waals surface area contributed by atoms with Crippen LogP contribution in [0.4, 0.5) is 0 Å². The third kappa shape index (κ3) is 9.73. The molecule has 0 N–H and O–H groups in total. The van der Waals surface area contributed by atoms with Gasteiger partial charge in [0.15, 0.2) is 0 Å². The zero-order valence-electron chi connectivity index (χ0n) is 14.2. The Balaban J connectivity index is 3.50. The van der Waals surface area contributed by atoms with E-state index in [4.69, 9.17) is 8.85 Å². The molecule has 0 radical (unpaired) electrons. The van der Waals surface area contributed by atoms with Crippen LogP contribution in [0.25, 0.3) is 0 Å². The van der Waals surface area contributed by atoms with Gasteiger partial charge < -0.3 is 8.85 Å². The van der Waals surface area contributed by atoms with Gasteiger partial charge in [0.1, 0.15) is 0 Å². The first-order valence-corrected chi connectivity index (χ1v) is 10.6. The lowest BCUT2D eigenvalue weighted by Crippen LogP contribution is -2.37. The lowest BCUT2D eigenvalue weighted by molar-refractivity contribution is 0.254. The van der Waals surface area contributed by atoms with Gasteiger partial charge in [-0.3, -0.25) is 0 Å². The van der Waals surface area contributed by atoms with Gasteiger partial charge in [-0.15, -0.1) is 0 Å². The molecule has 0 unspecified atom stereocenters. The number of unbranched alkanes of at least 4 members (excludes halogenated alkanes) is 9. The van der Waals surface area contributed by atoms with Crippen molar-refractivity contribution in [3.63, 3.8) is 0 Å². The first-order valence-electron chi connectivity index (χ1n) is 8.48. The molecule has 0 heterocycles. The zero-order chi connectivity index (χ0) is 15.1. The average Bonchev–Trinajstić information content (AvgIpc) is 2.48. The van der Waals surface area contributed by atoms with Gasteiger partial charge in [0.25, 0.3) is 0 Å². The summed E-state index contributed by atoms with van der Waals surface area (Å²) in [7, 11) is 1.55. The van der Waals surface area contributed by atoms with E-state index in [1.165, 1.54) is 64.2 Å². The molecule has 0 aromatic heterocycles. The van der Waals surface area contributed by atoms with Gasteiger partial charge in [0, 0.05) is 14.2 Å². The predicted molar refractivity (Wildman–Crippen MR) is 91.2 cm³/mol. The summed E-state index contributed by atoms with van der Waals surface area (Å²) in [5.41, 5.74) is 2.15. The monoisotopic (exact) mass is 300 g/mol. The molecule has 0 aliphatic heterocycles. The number of allylic oxidation sites excluding steroid dienone is 1. The molecule has 0 amide bonds. The SMILES string of the molecule is CC=C[Si](CCCCCCCCCCCC)(OC)OC. The van der Waals surface area contributed by atoms with Crippen molar-refractivity contribution in [1.29, 1.82) is 0 Å². The van der Waals surface area contributed by atoms with Crippen molar-refractivity contribution in [2.45, 2.75) is 84.1 Å². The average molecular weight is 301 g/mol. The Labute approximate surface area is 128 Å². The van der Waals surface area contributed by atoms with Gasteiger partial charge in [-0.05, 0) is 18.7 Å². The van der Waals surface area contributed by atoms with E-state index < -0.39 is 8.56 Å². The van der Waals surface area contributed by atoms with E-state index in [0.29, 0.717) is 0 Å². The van der Waals surface area contributed by atoms with Crippen LogP contribution in [-0.2, 0) is 8.85 Å². The molecule has 0 fully saturated rings. The minimum Gasteiger partial charge on any atom is -0.395 e. The molecule has 0 aliphatic carbocycles. The number of hydrogen-bond acceptors (Lipinski definition) is 2. The molecule has 0 saturated carbocycles. The Bertz CT molecular complexity index is 225. The van der Waals surface area contributed by atoms with Crippen LogP contribution in [0.15, 0.2) is 11.8 Å². The molecule has 0 aliphatic rings. The number of rotatable bonds is 14. The fourth-order valence-electron chi connectivity index (χ4n) is 2.62. The highest BCUT2D eigenvalue weighted by atomic mass is 28.4. The predicted octanol–water partition coefficient (Wildman–Crippen LogP) is 5.76. The van der Waals surface area contributed by atoms with Crippen LogP contribution in [0.5, 0.6) is 0 Å². The van der Waals surface area contributed by atoms with Gasteiger partial charge in [-0.2, -0.15) is 0 Å². The molecule has 3 heteroatoms. The van der Waals surface area contributed by atoms with Crippen LogP contribution >= 0.6 is 0 Å². The Kier molecular flexibility index (Phi) is 13.8. The number of hydrogen-bond donors (Lipinski definition) is 0. The van der Waals surface area contributed by atoms with E-state index in [-0.39, 0.29) is 0 Å². The minimum atomic E-state index is -2.01. The maximum absolute atomic E-state index is 5.64. The summed E-state index contributed by atoms with van der Waals surface area (Å²) in [6.45, 7) is 4.31. The Hall–Kier alpha value is -0.123. The topological polar surface area (TPSA) is 18.5 Å². The fraction of sp³-hybridized carbons (Fsp3) is 0.882. The molecule has 0 rings (SSSR count). The molecular weight excluding hydrogens is 264 g/mol. The van der Waals surface area contributed by atoms with Crippen molar-refractivity contribution >= 4 is 8.56 Å². The molecule has 120 valence electrons. The van der Waals surface area contributed by atoms with Crippen molar-refractivity contribution < 1.29 is 8.85 Å². The van der Waals surface area contributed by atoms with Crippen LogP contribution in [0.1, 0.15) is 78.1 Å². The highest BCUT2D eigenvalue weighted by molar-refractivity contribution is 6.72. The molecular formula is C17H36O2Si. The summed E-state index contributed by atoms with van der Waals surface area (Å²) >= 11 is 0. The largest absolute Gasteiger partial charge is 0.395 e. The van der Waals surface area contributed by atoms with Gasteiger partial charge in [-0.1, -0.05) is 77.2 Å². The van der Waals surface area contributed by atoms with Crippen molar-refractivity contribution in [2.24, 2.45) is 0 Å². The van der Waals surface area contributed by atoms with Crippen LogP contribution < -0.4 is 0 Å². The van der Waals surface area contributed by atoms with Crippen molar-refractivity contribution in [1.82, 2.24) is 0 Å². The first kappa shape index (κ1) is 19.9. The molecule has 0 saturated heterocycles. The highest BCUT2D eigenvalue weighted by Crippen LogP contribution is 2.19. The summed E-state index contributed by atoms with van der Waals surface area (Å²) in [5.74, 6) is 0. The summed E-state index contributed by atoms with van der Waals surface area (Å²) < 4.78 is 11.3. The van der Waals surface area contributed by atoms with Crippen LogP contribution in [0.3, 0.4) is 0 Å². The fourth-order valence-corrected chi connectivity index (χ4v) is 4.88. The quantitative estimate of drug-likeness (QED) is 0.300. The Morgan fingerprint density at radius 3 is 1.60 bits per heavy atom. The van der Waals surface area contributed by atoms with Gasteiger partial charge >= 0.3 is 8.56 Å². The van der Waals surface area contributed by atoms with E-state index in [0.717, 1.165) is 6.04 Å². The van der Waals surface area contributed by atoms with Crippen molar-refractivity contribution in [2.75, 3.05) is 14.2 Å². The van der Waals surface area contributed by atoms with E-state index >= 15 is 0 Å². The highest BCUT2D eigenvalue weighted by Gasteiger charge is 2.31. The zero-order valence-corrected chi connectivity index (χ0v) is 15.2. The normalized spacial score (nSPS) is 12.4. The lowest BCUT2D eigenvalue weighted by atomic mass is 10.1. The third-order valence-electron chi connectivity index (χ3n) is 3.99. The summed E-state index contributed by atoms with van der Waals surface area (Å²) in [6.07, 6.45) is 15.8. The van der Waals surface area contributed by atoms with Crippen LogP contribution in [0.2, 0.25) is 6.04 Å². The first-order chi connectivity index (χ1) is 9.74. The van der Waals surface area contributed by atoms with Gasteiger partial charge in [-0.25, -0.2) is 0 Å². The maximum Gasteiger partial charge on any atom is 0.364 e. The Morgan fingerprint density at radius 2 is 1.20 bits per heavy atom. The van der Waals surface area contributed by atoms with E-state index in [1.54, 1.807) is 14.2 Å². The van der Waals surface area contributed by atoms with E-state index in [2.05, 4.69) is 18.7 Å². The second-order valence-electron chi connectivity index (χ2n) is 5.65. The molecule has 0 aromatic carbocycles. The molecule has 0 spiro atoms. The molecule has 0 atom stereocenters. The maximum atomic E-state index is 5.64. The molecule has 2 nitrogen and oxygen atoms in total. The van der Waals surface area contributed by atoms with Crippen molar-refractivity contribution in [3.05, 3.63) is 11.8 Å². The Morgan fingerprint density at radius 1 is 0.750 bits per heavy atom. The second-order valence-corrected chi connectivity index (χ2v) is 8.93. The summed E-state index contributed by atoms with van der Waals surface area (Å²) in [5, 5.41) is 0. The van der Waals surface area contributed by atoms with E-state index in [9.17, 15) is 0 Å². The second kappa shape index (κ2) is 13.8.